The fraction of sp³-hybridized carbons (Fsp3) is 0.364. The molecular formula is C22H24O11. The summed E-state index contributed by atoms with van der Waals surface area (Å²) in [6.07, 6.45) is 1.69. The van der Waals surface area contributed by atoms with Gasteiger partial charge in [0.15, 0.2) is 0 Å². The van der Waals surface area contributed by atoms with Crippen LogP contribution >= 0.6 is 0 Å². The number of rotatable bonds is 11. The molecule has 2 N–H and O–H groups in total. The molecule has 0 aromatic heterocycles. The maximum atomic E-state index is 12.3. The van der Waals surface area contributed by atoms with Gasteiger partial charge in [-0.05, 0) is 51.0 Å². The van der Waals surface area contributed by atoms with E-state index in [2.05, 4.69) is 4.74 Å². The van der Waals surface area contributed by atoms with Gasteiger partial charge in [0.05, 0.1) is 29.6 Å². The zero-order valence-electron chi connectivity index (χ0n) is 18.1. The van der Waals surface area contributed by atoms with Crippen molar-refractivity contribution >= 4 is 35.8 Å². The van der Waals surface area contributed by atoms with Gasteiger partial charge in [-0.2, -0.15) is 0 Å². The third-order valence-corrected chi connectivity index (χ3v) is 4.05. The summed E-state index contributed by atoms with van der Waals surface area (Å²) < 4.78 is 14.2. The fourth-order valence-electron chi connectivity index (χ4n) is 2.23. The van der Waals surface area contributed by atoms with Gasteiger partial charge in [0.1, 0.15) is 0 Å². The Hall–Kier alpha value is -3.86. The highest BCUT2D eigenvalue weighted by atomic mass is 16.6. The zero-order valence-corrected chi connectivity index (χ0v) is 18.1. The van der Waals surface area contributed by atoms with Gasteiger partial charge in [0.2, 0.25) is 0 Å². The van der Waals surface area contributed by atoms with Gasteiger partial charge in [0.25, 0.3) is 0 Å². The normalized spacial score (nSPS) is 11.0. The van der Waals surface area contributed by atoms with Crippen LogP contribution in [0.15, 0.2) is 36.4 Å². The van der Waals surface area contributed by atoms with E-state index in [-0.39, 0.29) is 30.8 Å². The maximum absolute atomic E-state index is 12.3. The highest BCUT2D eigenvalue weighted by Crippen LogP contribution is 2.24. The molecule has 0 saturated carbocycles. The molecule has 0 unspecified atom stereocenters. The van der Waals surface area contributed by atoms with Gasteiger partial charge in [-0.15, -0.1) is 0 Å². The smallest absolute Gasteiger partial charge is 0.346 e. The topological polar surface area (TPSA) is 171 Å². The van der Waals surface area contributed by atoms with Crippen molar-refractivity contribution in [2.75, 3.05) is 13.2 Å². The highest BCUT2D eigenvalue weighted by molar-refractivity contribution is 6.03. The minimum absolute atomic E-state index is 0.0259. The lowest BCUT2D eigenvalue weighted by molar-refractivity contribution is -0.156. The number of esters is 5. The van der Waals surface area contributed by atoms with Gasteiger partial charge in [-0.1, -0.05) is 0 Å². The second-order valence-corrected chi connectivity index (χ2v) is 7.35. The minimum Gasteiger partial charge on any atom is -0.478 e. The summed E-state index contributed by atoms with van der Waals surface area (Å²) in [6, 6.07) is 4.61. The van der Waals surface area contributed by atoms with Crippen LogP contribution in [-0.4, -0.2) is 59.2 Å². The van der Waals surface area contributed by atoms with Crippen molar-refractivity contribution in [1.82, 2.24) is 0 Å². The molecule has 0 amide bonds. The first-order valence-electron chi connectivity index (χ1n) is 9.76. The van der Waals surface area contributed by atoms with Crippen molar-refractivity contribution in [2.45, 2.75) is 33.1 Å². The second kappa shape index (κ2) is 12.9. The lowest BCUT2D eigenvalue weighted by Gasteiger charge is -2.20. The number of hydrogen-bond acceptors (Lipinski definition) is 10. The predicted molar refractivity (Wildman–Crippen MR) is 110 cm³/mol. The summed E-state index contributed by atoms with van der Waals surface area (Å²) in [6.45, 7) is 2.89. The van der Waals surface area contributed by atoms with Crippen LogP contribution in [0.4, 0.5) is 0 Å². The Kier molecular flexibility index (Phi) is 10.6. The number of carboxylic acids is 1. The molecule has 1 aromatic rings. The SMILES string of the molecule is CC(C)(CC(=O)OCCCCO)C(=O)OC(=O)c1ccc(C(=O)OC(=O)/C=C\C(=O)O)cc1. The monoisotopic (exact) mass is 464 g/mol. The molecular weight excluding hydrogens is 440 g/mol. The number of aliphatic carboxylic acids is 1. The van der Waals surface area contributed by atoms with Crippen LogP contribution in [0.5, 0.6) is 0 Å². The standard InChI is InChI=1S/C22H24O11/c1-22(2,13-18(27)31-12-4-3-11-23)21(30)33-20(29)15-7-5-14(6-8-15)19(28)32-17(26)10-9-16(24)25/h5-10,23H,3-4,11-13H2,1-2H3,(H,24,25)/b10-9-. The maximum Gasteiger partial charge on any atom is 0.346 e. The lowest BCUT2D eigenvalue weighted by atomic mass is 9.89. The van der Waals surface area contributed by atoms with Crippen molar-refractivity contribution in [1.29, 1.82) is 0 Å². The number of benzene rings is 1. The zero-order chi connectivity index (χ0) is 25.0. The largest absolute Gasteiger partial charge is 0.478 e. The molecule has 1 aromatic carbocycles. The molecule has 0 bridgehead atoms. The fourth-order valence-corrected chi connectivity index (χ4v) is 2.23. The van der Waals surface area contributed by atoms with E-state index < -0.39 is 41.2 Å². The number of hydrogen-bond donors (Lipinski definition) is 2. The van der Waals surface area contributed by atoms with Gasteiger partial charge in [-0.3, -0.25) is 9.59 Å². The molecule has 0 aliphatic rings. The van der Waals surface area contributed by atoms with E-state index in [1.807, 2.05) is 0 Å². The second-order valence-electron chi connectivity index (χ2n) is 7.35. The molecule has 0 spiro atoms. The van der Waals surface area contributed by atoms with Crippen LogP contribution in [-0.2, 0) is 33.4 Å². The molecule has 0 aliphatic heterocycles. The first kappa shape index (κ1) is 27.2. The Balaban J connectivity index is 2.65. The van der Waals surface area contributed by atoms with Gasteiger partial charge < -0.3 is 24.4 Å². The Morgan fingerprint density at radius 2 is 1.42 bits per heavy atom. The lowest BCUT2D eigenvalue weighted by Crippen LogP contribution is -2.32. The number of aliphatic hydroxyl groups is 1. The molecule has 33 heavy (non-hydrogen) atoms. The third-order valence-electron chi connectivity index (χ3n) is 4.05. The van der Waals surface area contributed by atoms with Crippen molar-refractivity contribution in [3.63, 3.8) is 0 Å². The molecule has 1 rings (SSSR count). The Morgan fingerprint density at radius 1 is 0.879 bits per heavy atom. The number of aliphatic hydroxyl groups excluding tert-OH is 1. The Morgan fingerprint density at radius 3 is 1.94 bits per heavy atom. The molecule has 11 nitrogen and oxygen atoms in total. The van der Waals surface area contributed by atoms with Crippen LogP contribution in [0.1, 0.15) is 53.8 Å². The van der Waals surface area contributed by atoms with Crippen LogP contribution in [0.25, 0.3) is 0 Å². The number of ether oxygens (including phenoxy) is 3. The van der Waals surface area contributed by atoms with Crippen molar-refractivity contribution in [3.05, 3.63) is 47.5 Å². The van der Waals surface area contributed by atoms with Crippen LogP contribution in [0.3, 0.4) is 0 Å². The van der Waals surface area contributed by atoms with Crippen molar-refractivity contribution < 1.29 is 53.2 Å². The summed E-state index contributed by atoms with van der Waals surface area (Å²) >= 11 is 0. The number of unbranched alkanes of at least 4 members (excludes halogenated alkanes) is 1. The van der Waals surface area contributed by atoms with Gasteiger partial charge >= 0.3 is 35.8 Å². The van der Waals surface area contributed by atoms with Gasteiger partial charge in [-0.25, -0.2) is 19.2 Å². The van der Waals surface area contributed by atoms with E-state index >= 15 is 0 Å². The van der Waals surface area contributed by atoms with Crippen LogP contribution < -0.4 is 0 Å². The van der Waals surface area contributed by atoms with E-state index in [1.54, 1.807) is 0 Å². The molecule has 0 fully saturated rings. The van der Waals surface area contributed by atoms with Crippen LogP contribution in [0, 0.1) is 5.41 Å². The average molecular weight is 464 g/mol. The molecule has 0 saturated heterocycles. The van der Waals surface area contributed by atoms with Crippen molar-refractivity contribution in [2.24, 2.45) is 5.41 Å². The van der Waals surface area contributed by atoms with Crippen LogP contribution in [0.2, 0.25) is 0 Å². The quantitative estimate of drug-likeness (QED) is 0.160. The van der Waals surface area contributed by atoms with Gasteiger partial charge in [0, 0.05) is 18.8 Å². The number of carbonyl (C=O) groups excluding carboxylic acids is 5. The van der Waals surface area contributed by atoms with E-state index in [9.17, 15) is 28.8 Å². The summed E-state index contributed by atoms with van der Waals surface area (Å²) in [5.74, 6) is -6.30. The first-order chi connectivity index (χ1) is 15.5. The average Bonchev–Trinajstić information content (AvgIpc) is 2.75. The van der Waals surface area contributed by atoms with Crippen molar-refractivity contribution in [3.8, 4) is 0 Å². The Bertz CT molecular complexity index is 926. The molecule has 0 atom stereocenters. The Labute approximate surface area is 188 Å². The summed E-state index contributed by atoms with van der Waals surface area (Å²) in [5.41, 5.74) is -1.55. The van der Waals surface area contributed by atoms with E-state index in [4.69, 9.17) is 19.7 Å². The third kappa shape index (κ3) is 9.87. The highest BCUT2D eigenvalue weighted by Gasteiger charge is 2.34. The summed E-state index contributed by atoms with van der Waals surface area (Å²) in [5, 5.41) is 17.1. The van der Waals surface area contributed by atoms with E-state index in [1.165, 1.54) is 13.8 Å². The summed E-state index contributed by atoms with van der Waals surface area (Å²) in [4.78, 5) is 69.9. The van der Waals surface area contributed by atoms with E-state index in [0.717, 1.165) is 24.3 Å². The number of carbonyl (C=O) groups is 6. The molecule has 0 radical (unpaired) electrons. The summed E-state index contributed by atoms with van der Waals surface area (Å²) in [7, 11) is 0. The minimum atomic E-state index is -1.39. The first-order valence-corrected chi connectivity index (χ1v) is 9.76. The molecule has 11 heteroatoms. The predicted octanol–water partition coefficient (Wildman–Crippen LogP) is 1.43. The molecule has 178 valence electrons. The molecule has 0 aliphatic carbocycles. The molecule has 0 heterocycles. The number of carboxylic acid groups (broad SMARTS) is 1. The van der Waals surface area contributed by atoms with E-state index in [0.29, 0.717) is 25.0 Å².